The number of aromatic nitrogens is 1. The van der Waals surface area contributed by atoms with Crippen molar-refractivity contribution < 1.29 is 23.8 Å². The number of hydrogen-bond acceptors (Lipinski definition) is 6. The Labute approximate surface area is 149 Å². The predicted octanol–water partition coefficient (Wildman–Crippen LogP) is 2.91. The van der Waals surface area contributed by atoms with Crippen LogP contribution >= 0.6 is 0 Å². The van der Waals surface area contributed by atoms with Crippen molar-refractivity contribution in [3.05, 3.63) is 58.7 Å². The molecule has 0 unspecified atom stereocenters. The highest BCUT2D eigenvalue weighted by Gasteiger charge is 2.19. The maximum atomic E-state index is 13.0. The SMILES string of the molecule is CCOC(=O)CCC(=O)c1nc(Cc2ccc(F)cc2)cc(C#N)c1O. The average molecular weight is 356 g/mol. The Balaban J connectivity index is 2.25. The second-order valence-corrected chi connectivity index (χ2v) is 5.50. The van der Waals surface area contributed by atoms with Gasteiger partial charge >= 0.3 is 5.97 Å². The van der Waals surface area contributed by atoms with Gasteiger partial charge in [-0.15, -0.1) is 0 Å². The maximum Gasteiger partial charge on any atom is 0.306 e. The summed E-state index contributed by atoms with van der Waals surface area (Å²) in [5.74, 6) is -1.97. The number of Topliss-reactive ketones (excluding diaryl/α,β-unsaturated/α-hetero) is 1. The fraction of sp³-hybridized carbons (Fsp3) is 0.263. The van der Waals surface area contributed by atoms with E-state index in [0.717, 1.165) is 5.56 Å². The van der Waals surface area contributed by atoms with E-state index >= 15 is 0 Å². The third-order valence-electron chi connectivity index (χ3n) is 3.59. The summed E-state index contributed by atoms with van der Waals surface area (Å²) in [5.41, 5.74) is 0.769. The number of carbonyl (C=O) groups excluding carboxylic acids is 2. The van der Waals surface area contributed by atoms with Crippen LogP contribution in [0.3, 0.4) is 0 Å². The quantitative estimate of drug-likeness (QED) is 0.605. The van der Waals surface area contributed by atoms with Crippen LogP contribution in [0.5, 0.6) is 5.75 Å². The molecule has 1 N–H and O–H groups in total. The van der Waals surface area contributed by atoms with E-state index in [4.69, 9.17) is 10.00 Å². The van der Waals surface area contributed by atoms with Crippen LogP contribution in [0, 0.1) is 17.1 Å². The highest BCUT2D eigenvalue weighted by atomic mass is 19.1. The lowest BCUT2D eigenvalue weighted by molar-refractivity contribution is -0.143. The summed E-state index contributed by atoms with van der Waals surface area (Å²) in [6.07, 6.45) is -0.0739. The van der Waals surface area contributed by atoms with Gasteiger partial charge in [0.2, 0.25) is 0 Å². The molecule has 2 rings (SSSR count). The Kier molecular flexibility index (Phi) is 6.39. The summed E-state index contributed by atoms with van der Waals surface area (Å²) >= 11 is 0. The first-order chi connectivity index (χ1) is 12.4. The summed E-state index contributed by atoms with van der Waals surface area (Å²) in [6.45, 7) is 1.87. The van der Waals surface area contributed by atoms with Gasteiger partial charge in [0, 0.05) is 18.5 Å². The van der Waals surface area contributed by atoms with E-state index in [1.54, 1.807) is 19.1 Å². The highest BCUT2D eigenvalue weighted by Crippen LogP contribution is 2.24. The molecule has 0 radical (unpaired) electrons. The van der Waals surface area contributed by atoms with E-state index in [1.165, 1.54) is 18.2 Å². The number of nitriles is 1. The first kappa shape index (κ1) is 19.1. The zero-order chi connectivity index (χ0) is 19.1. The van der Waals surface area contributed by atoms with Gasteiger partial charge in [0.1, 0.15) is 17.6 Å². The molecule has 26 heavy (non-hydrogen) atoms. The van der Waals surface area contributed by atoms with Crippen molar-refractivity contribution in [3.63, 3.8) is 0 Å². The number of hydrogen-bond donors (Lipinski definition) is 1. The van der Waals surface area contributed by atoms with Crippen LogP contribution in [0.15, 0.2) is 30.3 Å². The number of aromatic hydroxyl groups is 1. The smallest absolute Gasteiger partial charge is 0.306 e. The molecule has 1 aromatic carbocycles. The Bertz CT molecular complexity index is 857. The van der Waals surface area contributed by atoms with E-state index in [2.05, 4.69) is 4.98 Å². The normalized spacial score (nSPS) is 10.2. The van der Waals surface area contributed by atoms with E-state index in [1.807, 2.05) is 6.07 Å². The minimum absolute atomic E-state index is 0.0865. The van der Waals surface area contributed by atoms with Gasteiger partial charge in [-0.2, -0.15) is 5.26 Å². The molecule has 0 aliphatic heterocycles. The second-order valence-electron chi connectivity index (χ2n) is 5.50. The van der Waals surface area contributed by atoms with Crippen LogP contribution in [0.4, 0.5) is 4.39 Å². The highest BCUT2D eigenvalue weighted by molar-refractivity contribution is 5.98. The first-order valence-electron chi connectivity index (χ1n) is 8.00. The van der Waals surface area contributed by atoms with Gasteiger partial charge in [-0.25, -0.2) is 9.37 Å². The molecule has 0 fully saturated rings. The summed E-state index contributed by atoms with van der Waals surface area (Å²) < 4.78 is 17.8. The molecule has 0 aliphatic carbocycles. The van der Waals surface area contributed by atoms with E-state index in [-0.39, 0.29) is 42.9 Å². The number of halogens is 1. The van der Waals surface area contributed by atoms with Gasteiger partial charge in [0.15, 0.2) is 11.5 Å². The number of benzene rings is 1. The lowest BCUT2D eigenvalue weighted by Crippen LogP contribution is -2.11. The minimum atomic E-state index is -0.562. The van der Waals surface area contributed by atoms with Crippen molar-refractivity contribution in [1.82, 2.24) is 4.98 Å². The van der Waals surface area contributed by atoms with E-state index in [0.29, 0.717) is 5.69 Å². The van der Waals surface area contributed by atoms with Crippen LogP contribution in [-0.2, 0) is 16.0 Å². The molecule has 1 heterocycles. The number of carbonyl (C=O) groups is 2. The number of pyridine rings is 1. The fourth-order valence-electron chi connectivity index (χ4n) is 2.34. The Morgan fingerprint density at radius 1 is 1.27 bits per heavy atom. The second kappa shape index (κ2) is 8.72. The molecule has 6 nitrogen and oxygen atoms in total. The van der Waals surface area contributed by atoms with Crippen LogP contribution in [-0.4, -0.2) is 28.4 Å². The fourth-order valence-corrected chi connectivity index (χ4v) is 2.34. The minimum Gasteiger partial charge on any atom is -0.504 e. The molecule has 0 saturated heterocycles. The van der Waals surface area contributed by atoms with Gasteiger partial charge in [-0.1, -0.05) is 12.1 Å². The van der Waals surface area contributed by atoms with Crippen molar-refractivity contribution in [3.8, 4) is 11.8 Å². The summed E-state index contributed by atoms with van der Waals surface area (Å²) in [5, 5.41) is 19.3. The average Bonchev–Trinajstić information content (AvgIpc) is 2.63. The number of ether oxygens (including phenoxy) is 1. The summed E-state index contributed by atoms with van der Waals surface area (Å²) in [6, 6.07) is 8.92. The molecule has 0 spiro atoms. The Morgan fingerprint density at radius 3 is 2.58 bits per heavy atom. The van der Waals surface area contributed by atoms with Crippen molar-refractivity contribution >= 4 is 11.8 Å². The van der Waals surface area contributed by atoms with Gasteiger partial charge in [0.05, 0.1) is 18.6 Å². The Hall–Kier alpha value is -3.27. The van der Waals surface area contributed by atoms with Crippen LogP contribution in [0.2, 0.25) is 0 Å². The zero-order valence-electron chi connectivity index (χ0n) is 14.2. The molecule has 0 aliphatic rings. The Morgan fingerprint density at radius 2 is 1.96 bits per heavy atom. The van der Waals surface area contributed by atoms with Crippen molar-refractivity contribution in [2.24, 2.45) is 0 Å². The van der Waals surface area contributed by atoms with Gasteiger partial charge in [0.25, 0.3) is 0 Å². The molecule has 134 valence electrons. The lowest BCUT2D eigenvalue weighted by atomic mass is 10.0. The van der Waals surface area contributed by atoms with Gasteiger partial charge in [-0.05, 0) is 30.7 Å². The van der Waals surface area contributed by atoms with E-state index < -0.39 is 17.5 Å². The zero-order valence-corrected chi connectivity index (χ0v) is 14.2. The predicted molar refractivity (Wildman–Crippen MR) is 90.0 cm³/mol. The molecule has 0 saturated carbocycles. The van der Waals surface area contributed by atoms with Crippen molar-refractivity contribution in [2.75, 3.05) is 6.61 Å². The lowest BCUT2D eigenvalue weighted by Gasteiger charge is -2.08. The number of nitrogens with zero attached hydrogens (tertiary/aromatic N) is 2. The largest absolute Gasteiger partial charge is 0.504 e. The van der Waals surface area contributed by atoms with E-state index in [9.17, 15) is 19.1 Å². The first-order valence-corrected chi connectivity index (χ1v) is 8.00. The molecule has 0 bridgehead atoms. The molecule has 2 aromatic rings. The summed E-state index contributed by atoms with van der Waals surface area (Å²) in [4.78, 5) is 27.8. The molecular formula is C19H17FN2O4. The van der Waals surface area contributed by atoms with Crippen molar-refractivity contribution in [1.29, 1.82) is 5.26 Å². The maximum absolute atomic E-state index is 13.0. The molecule has 0 amide bonds. The number of ketones is 1. The topological polar surface area (TPSA) is 100 Å². The number of rotatable bonds is 7. The molecular weight excluding hydrogens is 339 g/mol. The van der Waals surface area contributed by atoms with Crippen LogP contribution in [0.25, 0.3) is 0 Å². The van der Waals surface area contributed by atoms with Crippen molar-refractivity contribution in [2.45, 2.75) is 26.2 Å². The number of esters is 1. The van der Waals surface area contributed by atoms with Crippen LogP contribution < -0.4 is 0 Å². The molecule has 7 heteroatoms. The monoisotopic (exact) mass is 356 g/mol. The molecule has 1 aromatic heterocycles. The third-order valence-corrected chi connectivity index (χ3v) is 3.59. The van der Waals surface area contributed by atoms with Crippen LogP contribution in [0.1, 0.15) is 47.1 Å². The summed E-state index contributed by atoms with van der Waals surface area (Å²) in [7, 11) is 0. The van der Waals surface area contributed by atoms with Gasteiger partial charge in [-0.3, -0.25) is 9.59 Å². The molecule has 0 atom stereocenters. The standard InChI is InChI=1S/C19H17FN2O4/c1-2-26-17(24)8-7-16(23)18-19(25)13(11-21)10-15(22-18)9-12-3-5-14(20)6-4-12/h3-6,10,25H,2,7-9H2,1H3. The third kappa shape index (κ3) is 4.86. The van der Waals surface area contributed by atoms with Gasteiger partial charge < -0.3 is 9.84 Å².